The predicted molar refractivity (Wildman–Crippen MR) is 118 cm³/mol. The molecule has 0 aliphatic carbocycles. The maximum Gasteiger partial charge on any atom is 0.335 e. The minimum atomic E-state index is -1.88. The fourth-order valence-corrected chi connectivity index (χ4v) is 3.01. The number of carbonyl (C=O) groups is 2. The van der Waals surface area contributed by atoms with Crippen LogP contribution >= 0.6 is 0 Å². The van der Waals surface area contributed by atoms with E-state index in [0.29, 0.717) is 12.0 Å². The summed E-state index contributed by atoms with van der Waals surface area (Å²) in [6, 6.07) is 0. The van der Waals surface area contributed by atoms with Gasteiger partial charge in [0, 0.05) is 6.08 Å². The molecule has 1 saturated heterocycles. The second-order valence-electron chi connectivity index (χ2n) is 8.45. The Morgan fingerprint density at radius 3 is 2.21 bits per heavy atom. The number of allylic oxidation sites excluding steroid dienone is 3. The number of hydrogen-bond acceptors (Lipinski definition) is 9. The number of hydrogen-bond donors (Lipinski definition) is 6. The lowest BCUT2D eigenvalue weighted by atomic mass is 9.98. The van der Waals surface area contributed by atoms with Gasteiger partial charge in [-0.15, -0.1) is 0 Å². The molecule has 1 rings (SSSR count). The van der Waals surface area contributed by atoms with Crippen molar-refractivity contribution in [2.24, 2.45) is 5.92 Å². The van der Waals surface area contributed by atoms with Crippen molar-refractivity contribution >= 4 is 11.9 Å². The maximum atomic E-state index is 12.0. The van der Waals surface area contributed by atoms with Crippen LogP contribution in [0.5, 0.6) is 0 Å². The van der Waals surface area contributed by atoms with Gasteiger partial charge in [0.05, 0.1) is 12.2 Å². The Bertz CT molecular complexity index is 742. The molecule has 1 aliphatic heterocycles. The summed E-state index contributed by atoms with van der Waals surface area (Å²) in [6.07, 6.45) is -2.31. The fraction of sp³-hybridized carbons (Fsp3) is 0.652. The monoisotopic (exact) mass is 472 g/mol. The third-order valence-corrected chi connectivity index (χ3v) is 5.63. The summed E-state index contributed by atoms with van der Waals surface area (Å²) >= 11 is 0. The van der Waals surface area contributed by atoms with Crippen molar-refractivity contribution in [3.8, 4) is 0 Å². The van der Waals surface area contributed by atoms with Crippen LogP contribution in [0.25, 0.3) is 0 Å². The van der Waals surface area contributed by atoms with Crippen molar-refractivity contribution in [3.05, 3.63) is 35.5 Å². The van der Waals surface area contributed by atoms with E-state index >= 15 is 0 Å². The zero-order chi connectivity index (χ0) is 25.3. The highest BCUT2D eigenvalue weighted by atomic mass is 16.7. The molecule has 6 N–H and O–H groups in total. The highest BCUT2D eigenvalue weighted by Gasteiger charge is 2.48. The van der Waals surface area contributed by atoms with E-state index in [1.165, 1.54) is 6.08 Å². The van der Waals surface area contributed by atoms with Crippen molar-refractivity contribution < 1.29 is 49.7 Å². The Morgan fingerprint density at radius 2 is 1.64 bits per heavy atom. The molecule has 0 aromatic carbocycles. The Labute approximate surface area is 193 Å². The SMILES string of the molecule is CC(/C=C/C(=O)O[C@H]1O[C@@H](C(=O)O)[C@@H](O)[C@@H](O)[C@H]1O)=C\C[C@@H](O)/C(C)=C/CC[C@@H](C)[C@@H](C)O. The summed E-state index contributed by atoms with van der Waals surface area (Å²) in [7, 11) is 0. The molecular formula is C23H36O10. The number of carbonyl (C=O) groups excluding carboxylic acids is 1. The van der Waals surface area contributed by atoms with Crippen molar-refractivity contribution in [2.45, 2.75) is 89.9 Å². The van der Waals surface area contributed by atoms with Crippen LogP contribution in [0.4, 0.5) is 0 Å². The smallest absolute Gasteiger partial charge is 0.335 e. The van der Waals surface area contributed by atoms with Crippen LogP contribution in [0.3, 0.4) is 0 Å². The number of aliphatic hydroxyl groups is 5. The molecule has 1 fully saturated rings. The van der Waals surface area contributed by atoms with Crippen LogP contribution in [-0.2, 0) is 19.1 Å². The quantitative estimate of drug-likeness (QED) is 0.107. The van der Waals surface area contributed by atoms with Crippen molar-refractivity contribution in [1.82, 2.24) is 0 Å². The van der Waals surface area contributed by atoms with Gasteiger partial charge in [0.15, 0.2) is 6.10 Å². The van der Waals surface area contributed by atoms with Crippen molar-refractivity contribution in [3.63, 3.8) is 0 Å². The Hall–Kier alpha value is -2.08. The Kier molecular flexibility index (Phi) is 11.9. The van der Waals surface area contributed by atoms with Gasteiger partial charge in [-0.05, 0) is 51.5 Å². The molecule has 0 aromatic heterocycles. The first kappa shape index (κ1) is 29.0. The summed E-state index contributed by atoms with van der Waals surface area (Å²) in [5.41, 5.74) is 1.45. The number of rotatable bonds is 11. The van der Waals surface area contributed by atoms with Gasteiger partial charge in [-0.3, -0.25) is 0 Å². The van der Waals surface area contributed by atoms with Gasteiger partial charge in [0.1, 0.15) is 18.3 Å². The lowest BCUT2D eigenvalue weighted by molar-refractivity contribution is -0.284. The highest BCUT2D eigenvalue weighted by molar-refractivity contribution is 5.82. The molecule has 0 bridgehead atoms. The second kappa shape index (κ2) is 13.6. The zero-order valence-electron chi connectivity index (χ0n) is 19.4. The minimum Gasteiger partial charge on any atom is -0.479 e. The lowest BCUT2D eigenvalue weighted by Gasteiger charge is -2.37. The van der Waals surface area contributed by atoms with E-state index in [-0.39, 0.29) is 12.0 Å². The molecule has 0 aromatic rings. The highest BCUT2D eigenvalue weighted by Crippen LogP contribution is 2.22. The van der Waals surface area contributed by atoms with E-state index in [0.717, 1.165) is 24.5 Å². The van der Waals surface area contributed by atoms with E-state index < -0.39 is 48.7 Å². The largest absolute Gasteiger partial charge is 0.479 e. The van der Waals surface area contributed by atoms with Gasteiger partial charge in [-0.1, -0.05) is 30.7 Å². The average molecular weight is 473 g/mol. The van der Waals surface area contributed by atoms with Gasteiger partial charge >= 0.3 is 11.9 Å². The standard InChI is InChI=1S/C23H36O10/c1-12(8-10-16(25)14(3)7-5-6-13(2)15(4)24)9-11-17(26)32-23-20(29)18(27)19(28)21(33-23)22(30)31/h7-9,11,13,15-16,18-21,23-25,27-29H,5-6,10H2,1-4H3,(H,30,31)/b11-9+,12-8+,14-7+/t13-,15-,16-,18-,19+,20-,21-,23+/m1/s1. The normalized spacial score (nSPS) is 29.5. The molecule has 33 heavy (non-hydrogen) atoms. The van der Waals surface area contributed by atoms with Gasteiger partial charge in [-0.2, -0.15) is 0 Å². The first-order chi connectivity index (χ1) is 15.3. The third kappa shape index (κ3) is 9.36. The molecule has 10 heteroatoms. The molecule has 1 aliphatic rings. The van der Waals surface area contributed by atoms with Crippen LogP contribution in [-0.4, -0.2) is 85.5 Å². The summed E-state index contributed by atoms with van der Waals surface area (Å²) in [6.45, 7) is 7.23. The Balaban J connectivity index is 2.58. The number of carboxylic acids is 1. The molecular weight excluding hydrogens is 436 g/mol. The zero-order valence-corrected chi connectivity index (χ0v) is 19.4. The summed E-state index contributed by atoms with van der Waals surface area (Å²) in [5.74, 6) is -2.37. The van der Waals surface area contributed by atoms with E-state index in [2.05, 4.69) is 0 Å². The number of aliphatic hydroxyl groups excluding tert-OH is 5. The van der Waals surface area contributed by atoms with E-state index in [4.69, 9.17) is 14.6 Å². The summed E-state index contributed by atoms with van der Waals surface area (Å²) < 4.78 is 9.74. The predicted octanol–water partition coefficient (Wildman–Crippen LogP) is 0.419. The molecule has 0 spiro atoms. The lowest BCUT2D eigenvalue weighted by Crippen LogP contribution is -2.60. The van der Waals surface area contributed by atoms with Gasteiger partial charge in [0.2, 0.25) is 6.29 Å². The van der Waals surface area contributed by atoms with Gasteiger partial charge in [-0.25, -0.2) is 9.59 Å². The van der Waals surface area contributed by atoms with Crippen LogP contribution in [0, 0.1) is 5.92 Å². The first-order valence-electron chi connectivity index (χ1n) is 10.9. The second-order valence-corrected chi connectivity index (χ2v) is 8.45. The molecule has 0 unspecified atom stereocenters. The van der Waals surface area contributed by atoms with Crippen LogP contribution in [0.15, 0.2) is 35.5 Å². The van der Waals surface area contributed by atoms with Crippen LogP contribution in [0.1, 0.15) is 47.0 Å². The number of esters is 1. The number of ether oxygens (including phenoxy) is 2. The summed E-state index contributed by atoms with van der Waals surface area (Å²) in [5, 5.41) is 58.0. The topological polar surface area (TPSA) is 174 Å². The van der Waals surface area contributed by atoms with Crippen molar-refractivity contribution in [1.29, 1.82) is 0 Å². The van der Waals surface area contributed by atoms with E-state index in [1.807, 2.05) is 19.9 Å². The molecule has 0 amide bonds. The number of carboxylic acid groups (broad SMARTS) is 1. The van der Waals surface area contributed by atoms with Gasteiger partial charge < -0.3 is 40.1 Å². The minimum absolute atomic E-state index is 0.168. The molecule has 0 radical (unpaired) electrons. The molecule has 10 nitrogen and oxygen atoms in total. The molecule has 0 saturated carbocycles. The molecule has 188 valence electrons. The van der Waals surface area contributed by atoms with Gasteiger partial charge in [0.25, 0.3) is 0 Å². The molecule has 8 atom stereocenters. The van der Waals surface area contributed by atoms with E-state index in [9.17, 15) is 35.1 Å². The Morgan fingerprint density at radius 1 is 1.00 bits per heavy atom. The van der Waals surface area contributed by atoms with E-state index in [1.54, 1.807) is 19.9 Å². The van der Waals surface area contributed by atoms with Crippen molar-refractivity contribution in [2.75, 3.05) is 0 Å². The summed E-state index contributed by atoms with van der Waals surface area (Å²) in [4.78, 5) is 23.1. The van der Waals surface area contributed by atoms with Crippen LogP contribution in [0.2, 0.25) is 0 Å². The molecule has 1 heterocycles. The average Bonchev–Trinajstić information content (AvgIpc) is 2.75. The maximum absolute atomic E-state index is 12.0. The first-order valence-corrected chi connectivity index (χ1v) is 10.9. The third-order valence-electron chi connectivity index (χ3n) is 5.63. The van der Waals surface area contributed by atoms with Crippen LogP contribution < -0.4 is 0 Å². The number of aliphatic carboxylic acids is 1. The fourth-order valence-electron chi connectivity index (χ4n) is 3.01.